The average Bonchev–Trinajstić information content (AvgIpc) is 2.71. The van der Waals surface area contributed by atoms with Crippen LogP contribution in [0.1, 0.15) is 26.7 Å². The Kier molecular flexibility index (Phi) is 2.15. The Hall–Kier alpha value is -1.43. The molecule has 18 heavy (non-hydrogen) atoms. The quantitative estimate of drug-likeness (QED) is 0.517. The summed E-state index contributed by atoms with van der Waals surface area (Å²) in [5.74, 6) is -4.78. The van der Waals surface area contributed by atoms with E-state index in [9.17, 15) is 14.4 Å². The van der Waals surface area contributed by atoms with Gasteiger partial charge in [-0.05, 0) is 12.8 Å². The molecule has 2 bridgehead atoms. The number of carbonyl (C=O) groups is 3. The monoisotopic (exact) mass is 254 g/mol. The van der Waals surface area contributed by atoms with E-state index in [4.69, 9.17) is 14.2 Å². The molecular weight excluding hydrogens is 240 g/mol. The molecule has 3 saturated heterocycles. The molecule has 0 N–H and O–H groups in total. The second-order valence-corrected chi connectivity index (χ2v) is 5.66. The highest BCUT2D eigenvalue weighted by atomic mass is 16.7. The molecule has 0 aromatic carbocycles. The van der Waals surface area contributed by atoms with Crippen LogP contribution < -0.4 is 0 Å². The number of hydrogen-bond donors (Lipinski definition) is 0. The average molecular weight is 254 g/mol. The predicted octanol–water partition coefficient (Wildman–Crippen LogP) is 0.187. The van der Waals surface area contributed by atoms with Crippen LogP contribution in [0.2, 0.25) is 0 Å². The largest absolute Gasteiger partial charge is 0.422 e. The van der Waals surface area contributed by atoms with Gasteiger partial charge < -0.3 is 14.2 Å². The number of carbonyl (C=O) groups excluding carboxylic acids is 3. The first-order chi connectivity index (χ1) is 8.33. The lowest BCUT2D eigenvalue weighted by Crippen LogP contribution is -2.54. The normalized spacial score (nSPS) is 37.8. The lowest BCUT2D eigenvalue weighted by molar-refractivity contribution is -0.239. The lowest BCUT2D eigenvalue weighted by Gasteiger charge is -2.38. The van der Waals surface area contributed by atoms with Gasteiger partial charge in [0.25, 0.3) is 5.79 Å². The van der Waals surface area contributed by atoms with Crippen LogP contribution in [-0.2, 0) is 28.6 Å². The highest BCUT2D eigenvalue weighted by Gasteiger charge is 2.62. The SMILES string of the molecule is CC1(C)OC(=O)C(C(=O)C23COC(C2)C3)C(=O)O1. The Bertz CT molecular complexity index is 420. The van der Waals surface area contributed by atoms with E-state index in [1.54, 1.807) is 0 Å². The van der Waals surface area contributed by atoms with Gasteiger partial charge in [-0.25, -0.2) is 0 Å². The molecule has 1 aliphatic carbocycles. The molecule has 4 fully saturated rings. The summed E-state index contributed by atoms with van der Waals surface area (Å²) in [6, 6.07) is 0. The van der Waals surface area contributed by atoms with Crippen molar-refractivity contribution in [1.82, 2.24) is 0 Å². The molecule has 4 aliphatic rings. The third-order valence-corrected chi connectivity index (χ3v) is 3.78. The van der Waals surface area contributed by atoms with Gasteiger partial charge in [-0.3, -0.25) is 14.4 Å². The number of cyclic esters (lactones) is 2. The molecule has 0 spiro atoms. The summed E-state index contributed by atoms with van der Waals surface area (Å²) in [5, 5.41) is 0. The van der Waals surface area contributed by atoms with Crippen molar-refractivity contribution in [2.24, 2.45) is 11.3 Å². The number of ketones is 1. The second-order valence-electron chi connectivity index (χ2n) is 5.66. The smallest absolute Gasteiger partial charge is 0.331 e. The highest BCUT2D eigenvalue weighted by molar-refractivity contribution is 6.17. The lowest BCUT2D eigenvalue weighted by atomic mass is 9.64. The summed E-state index contributed by atoms with van der Waals surface area (Å²) >= 11 is 0. The van der Waals surface area contributed by atoms with Gasteiger partial charge in [-0.15, -0.1) is 0 Å². The molecule has 3 aliphatic heterocycles. The van der Waals surface area contributed by atoms with E-state index in [1.165, 1.54) is 13.8 Å². The Morgan fingerprint density at radius 3 is 2.17 bits per heavy atom. The van der Waals surface area contributed by atoms with Gasteiger partial charge in [0.15, 0.2) is 5.78 Å². The molecule has 3 heterocycles. The van der Waals surface area contributed by atoms with E-state index in [0.29, 0.717) is 12.8 Å². The standard InChI is InChI=1S/C12H14O6/c1-11(2)17-9(14)7(10(15)18-11)8(13)12-3-6(4-12)16-5-12/h6-7H,3-5H2,1-2H3. The van der Waals surface area contributed by atoms with Crippen LogP contribution in [0.3, 0.4) is 0 Å². The summed E-state index contributed by atoms with van der Waals surface area (Å²) in [5.41, 5.74) is -0.672. The fourth-order valence-electron chi connectivity index (χ4n) is 2.84. The minimum atomic E-state index is -1.44. The van der Waals surface area contributed by atoms with Crippen molar-refractivity contribution >= 4 is 17.7 Å². The van der Waals surface area contributed by atoms with Crippen LogP contribution in [0.4, 0.5) is 0 Å². The Balaban J connectivity index is 1.82. The summed E-state index contributed by atoms with van der Waals surface area (Å²) in [6.45, 7) is 3.20. The Labute approximate surface area is 104 Å². The van der Waals surface area contributed by atoms with E-state index >= 15 is 0 Å². The first-order valence-corrected chi connectivity index (χ1v) is 5.95. The Morgan fingerprint density at radius 1 is 1.17 bits per heavy atom. The first kappa shape index (κ1) is 11.6. The van der Waals surface area contributed by atoms with Gasteiger partial charge in [-0.2, -0.15) is 0 Å². The summed E-state index contributed by atoms with van der Waals surface area (Å²) in [4.78, 5) is 35.9. The molecule has 98 valence electrons. The van der Waals surface area contributed by atoms with E-state index in [-0.39, 0.29) is 12.7 Å². The highest BCUT2D eigenvalue weighted by Crippen LogP contribution is 2.52. The zero-order chi connectivity index (χ0) is 13.1. The molecule has 0 atom stereocenters. The van der Waals surface area contributed by atoms with E-state index in [2.05, 4.69) is 0 Å². The van der Waals surface area contributed by atoms with Crippen molar-refractivity contribution in [3.63, 3.8) is 0 Å². The minimum Gasteiger partial charge on any atom is -0.422 e. The first-order valence-electron chi connectivity index (χ1n) is 5.95. The molecular formula is C12H14O6. The van der Waals surface area contributed by atoms with Gasteiger partial charge in [0.1, 0.15) is 0 Å². The number of fused-ring (bicyclic) bond motifs is 1. The molecule has 0 radical (unpaired) electrons. The fourth-order valence-corrected chi connectivity index (χ4v) is 2.84. The Morgan fingerprint density at radius 2 is 1.72 bits per heavy atom. The molecule has 6 nitrogen and oxygen atoms in total. The topological polar surface area (TPSA) is 78.9 Å². The van der Waals surface area contributed by atoms with E-state index < -0.39 is 34.8 Å². The van der Waals surface area contributed by atoms with Crippen LogP contribution in [0.15, 0.2) is 0 Å². The van der Waals surface area contributed by atoms with Crippen molar-refractivity contribution in [2.75, 3.05) is 6.61 Å². The molecule has 6 heteroatoms. The van der Waals surface area contributed by atoms with Crippen LogP contribution in [-0.4, -0.2) is 36.2 Å². The zero-order valence-electron chi connectivity index (χ0n) is 10.2. The van der Waals surface area contributed by atoms with Crippen LogP contribution in [0, 0.1) is 11.3 Å². The summed E-state index contributed by atoms with van der Waals surface area (Å²) in [7, 11) is 0. The zero-order valence-corrected chi connectivity index (χ0v) is 10.2. The molecule has 0 aromatic heterocycles. The molecule has 0 aromatic rings. The molecule has 4 rings (SSSR count). The van der Waals surface area contributed by atoms with Crippen molar-refractivity contribution < 1.29 is 28.6 Å². The van der Waals surface area contributed by atoms with Gasteiger partial charge in [0, 0.05) is 13.8 Å². The number of hydrogen-bond acceptors (Lipinski definition) is 6. The summed E-state index contributed by atoms with van der Waals surface area (Å²) in [6.07, 6.45) is 1.28. The minimum absolute atomic E-state index is 0.0982. The van der Waals surface area contributed by atoms with Crippen molar-refractivity contribution in [3.05, 3.63) is 0 Å². The molecule has 0 unspecified atom stereocenters. The number of rotatable bonds is 2. The molecule has 0 amide bonds. The number of Topliss-reactive ketones (excluding diaryl/α,β-unsaturated/α-hetero) is 1. The van der Waals surface area contributed by atoms with Gasteiger partial charge in [-0.1, -0.05) is 0 Å². The number of ether oxygens (including phenoxy) is 3. The predicted molar refractivity (Wildman–Crippen MR) is 56.2 cm³/mol. The maximum atomic E-state index is 12.3. The number of esters is 2. The van der Waals surface area contributed by atoms with Gasteiger partial charge >= 0.3 is 11.9 Å². The maximum Gasteiger partial charge on any atom is 0.331 e. The molecule has 1 saturated carbocycles. The fraction of sp³-hybridized carbons (Fsp3) is 0.750. The summed E-state index contributed by atoms with van der Waals surface area (Å²) < 4.78 is 15.2. The van der Waals surface area contributed by atoms with E-state index in [0.717, 1.165) is 0 Å². The third-order valence-electron chi connectivity index (χ3n) is 3.78. The van der Waals surface area contributed by atoms with Gasteiger partial charge in [0.2, 0.25) is 5.92 Å². The van der Waals surface area contributed by atoms with Crippen molar-refractivity contribution in [3.8, 4) is 0 Å². The second kappa shape index (κ2) is 3.32. The van der Waals surface area contributed by atoms with E-state index in [1.807, 2.05) is 0 Å². The third kappa shape index (κ3) is 1.48. The van der Waals surface area contributed by atoms with Gasteiger partial charge in [0.05, 0.1) is 18.1 Å². The van der Waals surface area contributed by atoms with Crippen LogP contribution in [0.5, 0.6) is 0 Å². The maximum absolute atomic E-state index is 12.3. The van der Waals surface area contributed by atoms with Crippen LogP contribution in [0.25, 0.3) is 0 Å². The van der Waals surface area contributed by atoms with Crippen molar-refractivity contribution in [1.29, 1.82) is 0 Å². The van der Waals surface area contributed by atoms with Crippen LogP contribution >= 0.6 is 0 Å². The van der Waals surface area contributed by atoms with Crippen molar-refractivity contribution in [2.45, 2.75) is 38.6 Å².